The van der Waals surface area contributed by atoms with Gasteiger partial charge in [0, 0.05) is 6.54 Å². The number of amides is 1. The van der Waals surface area contributed by atoms with E-state index in [4.69, 9.17) is 5.11 Å². The van der Waals surface area contributed by atoms with Crippen LogP contribution in [0.3, 0.4) is 0 Å². The van der Waals surface area contributed by atoms with E-state index in [1.54, 1.807) is 0 Å². The predicted octanol–water partition coefficient (Wildman–Crippen LogP) is 1.01. The highest BCUT2D eigenvalue weighted by Crippen LogP contribution is 2.32. The molecule has 0 spiro atoms. The van der Waals surface area contributed by atoms with Crippen molar-refractivity contribution in [2.75, 3.05) is 6.54 Å². The molecule has 0 aromatic carbocycles. The van der Waals surface area contributed by atoms with Gasteiger partial charge in [-0.05, 0) is 11.8 Å². The lowest BCUT2D eigenvalue weighted by Crippen LogP contribution is -2.28. The Morgan fingerprint density at radius 1 is 1.50 bits per heavy atom. The van der Waals surface area contributed by atoms with Crippen molar-refractivity contribution in [2.45, 2.75) is 32.1 Å². The van der Waals surface area contributed by atoms with Crippen molar-refractivity contribution in [3.8, 4) is 0 Å². The van der Waals surface area contributed by atoms with Gasteiger partial charge < -0.3 is 10.4 Å². The zero-order valence-electron chi connectivity index (χ0n) is 8.24. The van der Waals surface area contributed by atoms with Crippen LogP contribution < -0.4 is 5.32 Å². The van der Waals surface area contributed by atoms with Crippen molar-refractivity contribution < 1.29 is 14.7 Å². The lowest BCUT2D eigenvalue weighted by Gasteiger charge is -2.20. The third-order valence-corrected chi connectivity index (χ3v) is 2.97. The first-order valence-corrected chi connectivity index (χ1v) is 5.13. The molecule has 0 heterocycles. The van der Waals surface area contributed by atoms with E-state index in [-0.39, 0.29) is 12.3 Å². The minimum atomic E-state index is -0.769. The van der Waals surface area contributed by atoms with E-state index >= 15 is 0 Å². The van der Waals surface area contributed by atoms with Crippen molar-refractivity contribution in [3.63, 3.8) is 0 Å². The molecule has 0 aliphatic heterocycles. The molecular weight excluding hydrogens is 182 g/mol. The summed E-state index contributed by atoms with van der Waals surface area (Å²) in [6, 6.07) is 0. The highest BCUT2D eigenvalue weighted by Gasteiger charge is 2.26. The number of hydrogen-bond donors (Lipinski definition) is 2. The molecule has 4 heteroatoms. The smallest absolute Gasteiger partial charge is 0.303 e. The monoisotopic (exact) mass is 199 g/mol. The lowest BCUT2D eigenvalue weighted by molar-refractivity contribution is -0.138. The van der Waals surface area contributed by atoms with Gasteiger partial charge in [-0.15, -0.1) is 0 Å². The number of aliphatic carboxylic acids is 1. The van der Waals surface area contributed by atoms with E-state index in [9.17, 15) is 9.59 Å². The van der Waals surface area contributed by atoms with Gasteiger partial charge in [0.15, 0.2) is 0 Å². The quantitative estimate of drug-likeness (QED) is 0.627. The summed E-state index contributed by atoms with van der Waals surface area (Å²) in [5.74, 6) is -0.173. The summed E-state index contributed by atoms with van der Waals surface area (Å²) in [6.45, 7) is 0.500. The first-order chi connectivity index (χ1) is 6.74. The molecule has 1 aliphatic rings. The second kappa shape index (κ2) is 5.62. The Bertz CT molecular complexity index is 200. The van der Waals surface area contributed by atoms with E-state index in [1.807, 2.05) is 0 Å². The molecule has 1 rings (SSSR count). The van der Waals surface area contributed by atoms with E-state index < -0.39 is 5.97 Å². The molecule has 0 aromatic rings. The van der Waals surface area contributed by atoms with Crippen LogP contribution in [0.2, 0.25) is 0 Å². The number of carboxylic acid groups (broad SMARTS) is 1. The third kappa shape index (κ3) is 3.36. The maximum absolute atomic E-state index is 10.6. The molecule has 0 radical (unpaired) electrons. The van der Waals surface area contributed by atoms with Gasteiger partial charge in [0.2, 0.25) is 6.41 Å². The topological polar surface area (TPSA) is 66.4 Å². The van der Waals surface area contributed by atoms with E-state index in [0.717, 1.165) is 12.8 Å². The normalized spacial score (nSPS) is 19.1. The summed E-state index contributed by atoms with van der Waals surface area (Å²) in [5.41, 5.74) is 0. The fraction of sp³-hybridized carbons (Fsp3) is 0.800. The first-order valence-electron chi connectivity index (χ1n) is 5.13. The van der Waals surface area contributed by atoms with Crippen molar-refractivity contribution >= 4 is 12.4 Å². The molecule has 2 N–H and O–H groups in total. The number of hydrogen-bond acceptors (Lipinski definition) is 2. The Morgan fingerprint density at radius 3 is 2.64 bits per heavy atom. The lowest BCUT2D eigenvalue weighted by atomic mass is 9.88. The van der Waals surface area contributed by atoms with Crippen molar-refractivity contribution in [2.24, 2.45) is 11.8 Å². The molecule has 0 bridgehead atoms. The molecule has 4 nitrogen and oxygen atoms in total. The van der Waals surface area contributed by atoms with Gasteiger partial charge in [-0.1, -0.05) is 25.7 Å². The average molecular weight is 199 g/mol. The molecule has 1 atom stereocenters. The molecule has 1 aliphatic carbocycles. The number of carboxylic acids is 1. The molecule has 1 unspecified atom stereocenters. The SMILES string of the molecule is O=CNCC(CC(=O)O)C1CCCC1. The number of rotatable bonds is 6. The molecule has 1 saturated carbocycles. The third-order valence-electron chi connectivity index (χ3n) is 2.97. The van der Waals surface area contributed by atoms with Crippen molar-refractivity contribution in [3.05, 3.63) is 0 Å². The molecular formula is C10H17NO3. The highest BCUT2D eigenvalue weighted by atomic mass is 16.4. The van der Waals surface area contributed by atoms with E-state index in [2.05, 4.69) is 5.32 Å². The molecule has 0 aromatic heterocycles. The van der Waals surface area contributed by atoms with Crippen LogP contribution in [0.5, 0.6) is 0 Å². The van der Waals surface area contributed by atoms with Crippen LogP contribution in [-0.2, 0) is 9.59 Å². The zero-order valence-corrected chi connectivity index (χ0v) is 8.24. The second-order valence-electron chi connectivity index (χ2n) is 3.93. The van der Waals surface area contributed by atoms with Crippen LogP contribution in [0.15, 0.2) is 0 Å². The number of carbonyl (C=O) groups excluding carboxylic acids is 1. The largest absolute Gasteiger partial charge is 0.481 e. The summed E-state index contributed by atoms with van der Waals surface area (Å²) in [6.07, 6.45) is 5.43. The Morgan fingerprint density at radius 2 is 2.14 bits per heavy atom. The van der Waals surface area contributed by atoms with Crippen LogP contribution in [0.1, 0.15) is 32.1 Å². The Balaban J connectivity index is 2.41. The van der Waals surface area contributed by atoms with Gasteiger partial charge in [0.25, 0.3) is 0 Å². The fourth-order valence-corrected chi connectivity index (χ4v) is 2.26. The number of carbonyl (C=O) groups is 2. The van der Waals surface area contributed by atoms with Crippen LogP contribution in [-0.4, -0.2) is 24.0 Å². The Labute approximate surface area is 83.7 Å². The molecule has 0 saturated heterocycles. The molecule has 1 fully saturated rings. The van der Waals surface area contributed by atoms with Crippen molar-refractivity contribution in [1.29, 1.82) is 0 Å². The van der Waals surface area contributed by atoms with Gasteiger partial charge in [-0.3, -0.25) is 9.59 Å². The average Bonchev–Trinajstić information content (AvgIpc) is 2.64. The van der Waals surface area contributed by atoms with Crippen molar-refractivity contribution in [1.82, 2.24) is 5.32 Å². The zero-order chi connectivity index (χ0) is 10.4. The fourth-order valence-electron chi connectivity index (χ4n) is 2.26. The first kappa shape index (κ1) is 11.0. The maximum atomic E-state index is 10.6. The van der Waals surface area contributed by atoms with E-state index in [0.29, 0.717) is 18.9 Å². The van der Waals surface area contributed by atoms with E-state index in [1.165, 1.54) is 12.8 Å². The minimum absolute atomic E-state index is 0.111. The summed E-state index contributed by atoms with van der Waals surface area (Å²) in [5, 5.41) is 11.3. The van der Waals surface area contributed by atoms with Crippen LogP contribution in [0.4, 0.5) is 0 Å². The Kier molecular flexibility index (Phi) is 4.43. The summed E-state index contributed by atoms with van der Waals surface area (Å²) in [4.78, 5) is 20.8. The molecule has 14 heavy (non-hydrogen) atoms. The maximum Gasteiger partial charge on any atom is 0.303 e. The second-order valence-corrected chi connectivity index (χ2v) is 3.93. The summed E-state index contributed by atoms with van der Waals surface area (Å²) < 4.78 is 0. The van der Waals surface area contributed by atoms with Crippen LogP contribution in [0, 0.1) is 11.8 Å². The van der Waals surface area contributed by atoms with Gasteiger partial charge in [-0.2, -0.15) is 0 Å². The summed E-state index contributed by atoms with van der Waals surface area (Å²) >= 11 is 0. The van der Waals surface area contributed by atoms with Crippen LogP contribution in [0.25, 0.3) is 0 Å². The summed E-state index contributed by atoms with van der Waals surface area (Å²) in [7, 11) is 0. The molecule has 1 amide bonds. The highest BCUT2D eigenvalue weighted by molar-refractivity contribution is 5.67. The van der Waals surface area contributed by atoms with Gasteiger partial charge in [0.1, 0.15) is 0 Å². The Hall–Kier alpha value is -1.06. The standard InChI is InChI=1S/C10H17NO3/c12-7-11-6-9(5-10(13)14)8-3-1-2-4-8/h7-9H,1-6H2,(H,11,12)(H,13,14). The number of nitrogens with one attached hydrogen (secondary N) is 1. The van der Waals surface area contributed by atoms with Gasteiger partial charge in [-0.25, -0.2) is 0 Å². The van der Waals surface area contributed by atoms with Gasteiger partial charge >= 0.3 is 5.97 Å². The van der Waals surface area contributed by atoms with Crippen LogP contribution >= 0.6 is 0 Å². The molecule has 80 valence electrons. The predicted molar refractivity (Wildman–Crippen MR) is 51.8 cm³/mol. The minimum Gasteiger partial charge on any atom is -0.481 e. The van der Waals surface area contributed by atoms with Gasteiger partial charge in [0.05, 0.1) is 6.42 Å².